The standard InChI is InChI=1S/C23H29BrN4O/c1-14-10-19(24)11-15(2)21(14)28-12-16(3)20-22(25-17(4)26-23(20)28)27-8-6-18(7-9-27)13-29-5/h10-12,18H,6-9,13H2,1-5H3. The Labute approximate surface area is 181 Å². The van der Waals surface area contributed by atoms with Crippen LogP contribution in [-0.2, 0) is 4.74 Å². The number of aryl methyl sites for hydroxylation is 4. The minimum Gasteiger partial charge on any atom is -0.384 e. The Bertz CT molecular complexity index is 1030. The minimum absolute atomic E-state index is 0.647. The van der Waals surface area contributed by atoms with Crippen LogP contribution < -0.4 is 4.90 Å². The number of piperidine rings is 1. The van der Waals surface area contributed by atoms with E-state index < -0.39 is 0 Å². The van der Waals surface area contributed by atoms with Crippen molar-refractivity contribution in [3.63, 3.8) is 0 Å². The van der Waals surface area contributed by atoms with Gasteiger partial charge in [0.25, 0.3) is 0 Å². The fraction of sp³-hybridized carbons (Fsp3) is 0.478. The molecular formula is C23H29BrN4O. The lowest BCUT2D eigenvalue weighted by Crippen LogP contribution is -2.35. The number of aromatic nitrogens is 3. The Hall–Kier alpha value is -1.92. The highest BCUT2D eigenvalue weighted by Crippen LogP contribution is 2.35. The summed E-state index contributed by atoms with van der Waals surface area (Å²) in [5.74, 6) is 2.54. The first kappa shape index (κ1) is 20.4. The average Bonchev–Trinajstić information content (AvgIpc) is 2.97. The predicted molar refractivity (Wildman–Crippen MR) is 122 cm³/mol. The first-order valence-corrected chi connectivity index (χ1v) is 11.1. The first-order valence-electron chi connectivity index (χ1n) is 10.3. The molecule has 0 bridgehead atoms. The number of ether oxygens (including phenoxy) is 1. The van der Waals surface area contributed by atoms with Gasteiger partial charge in [-0.1, -0.05) is 15.9 Å². The van der Waals surface area contributed by atoms with E-state index in [1.807, 2.05) is 6.92 Å². The van der Waals surface area contributed by atoms with Crippen molar-refractivity contribution in [2.75, 3.05) is 31.7 Å². The molecule has 154 valence electrons. The molecule has 6 heteroatoms. The summed E-state index contributed by atoms with van der Waals surface area (Å²) in [5.41, 5.74) is 5.88. The molecule has 0 radical (unpaired) electrons. The molecular weight excluding hydrogens is 428 g/mol. The molecule has 0 spiro atoms. The summed E-state index contributed by atoms with van der Waals surface area (Å²) in [5, 5.41) is 1.17. The fourth-order valence-corrected chi connectivity index (χ4v) is 5.31. The van der Waals surface area contributed by atoms with Gasteiger partial charge >= 0.3 is 0 Å². The summed E-state index contributed by atoms with van der Waals surface area (Å²) in [6, 6.07) is 4.33. The van der Waals surface area contributed by atoms with Crippen LogP contribution in [0.3, 0.4) is 0 Å². The highest BCUT2D eigenvalue weighted by Gasteiger charge is 2.25. The number of anilines is 1. The topological polar surface area (TPSA) is 43.2 Å². The molecule has 1 aliphatic rings. The van der Waals surface area contributed by atoms with Crippen LogP contribution in [0.4, 0.5) is 5.82 Å². The Kier molecular flexibility index (Phi) is 5.67. The molecule has 1 fully saturated rings. The molecule has 0 aliphatic carbocycles. The zero-order valence-corrected chi connectivity index (χ0v) is 19.5. The van der Waals surface area contributed by atoms with Crippen LogP contribution in [0.15, 0.2) is 22.8 Å². The van der Waals surface area contributed by atoms with E-state index >= 15 is 0 Å². The molecule has 1 saturated heterocycles. The molecule has 0 amide bonds. The maximum absolute atomic E-state index is 5.36. The molecule has 1 aliphatic heterocycles. The van der Waals surface area contributed by atoms with Gasteiger partial charge in [0.2, 0.25) is 0 Å². The van der Waals surface area contributed by atoms with Gasteiger partial charge in [0.15, 0.2) is 5.65 Å². The normalized spacial score (nSPS) is 15.4. The lowest BCUT2D eigenvalue weighted by atomic mass is 9.97. The van der Waals surface area contributed by atoms with Gasteiger partial charge in [0.05, 0.1) is 11.1 Å². The molecule has 4 rings (SSSR count). The molecule has 3 heterocycles. The Morgan fingerprint density at radius 1 is 1.03 bits per heavy atom. The third-order valence-corrected chi connectivity index (χ3v) is 6.40. The van der Waals surface area contributed by atoms with Crippen LogP contribution in [0.5, 0.6) is 0 Å². The van der Waals surface area contributed by atoms with Crippen LogP contribution in [0.2, 0.25) is 0 Å². The highest BCUT2D eigenvalue weighted by atomic mass is 79.9. The van der Waals surface area contributed by atoms with Gasteiger partial charge in [-0.3, -0.25) is 0 Å². The molecule has 0 unspecified atom stereocenters. The summed E-state index contributed by atoms with van der Waals surface area (Å²) in [4.78, 5) is 12.2. The van der Waals surface area contributed by atoms with Gasteiger partial charge in [0, 0.05) is 37.5 Å². The molecule has 29 heavy (non-hydrogen) atoms. The van der Waals surface area contributed by atoms with Gasteiger partial charge in [-0.25, -0.2) is 9.97 Å². The van der Waals surface area contributed by atoms with E-state index in [-0.39, 0.29) is 0 Å². The highest BCUT2D eigenvalue weighted by molar-refractivity contribution is 9.10. The molecule has 0 saturated carbocycles. The first-order chi connectivity index (χ1) is 13.9. The van der Waals surface area contributed by atoms with E-state index in [0.29, 0.717) is 5.92 Å². The van der Waals surface area contributed by atoms with Crippen molar-refractivity contribution in [2.24, 2.45) is 5.92 Å². The summed E-state index contributed by atoms with van der Waals surface area (Å²) in [6.45, 7) is 11.4. The predicted octanol–water partition coefficient (Wildman–Crippen LogP) is 5.28. The Morgan fingerprint density at radius 3 is 2.31 bits per heavy atom. The van der Waals surface area contributed by atoms with E-state index in [0.717, 1.165) is 54.3 Å². The summed E-state index contributed by atoms with van der Waals surface area (Å²) >= 11 is 3.62. The number of hydrogen-bond donors (Lipinski definition) is 0. The van der Waals surface area contributed by atoms with Crippen molar-refractivity contribution in [1.29, 1.82) is 0 Å². The van der Waals surface area contributed by atoms with Crippen molar-refractivity contribution >= 4 is 32.8 Å². The van der Waals surface area contributed by atoms with E-state index in [1.165, 1.54) is 27.8 Å². The molecule has 2 aromatic heterocycles. The number of benzene rings is 1. The third-order valence-electron chi connectivity index (χ3n) is 5.94. The second-order valence-electron chi connectivity index (χ2n) is 8.25. The van der Waals surface area contributed by atoms with Gasteiger partial charge in [-0.2, -0.15) is 0 Å². The van der Waals surface area contributed by atoms with Crippen molar-refractivity contribution in [2.45, 2.75) is 40.5 Å². The largest absolute Gasteiger partial charge is 0.384 e. The van der Waals surface area contributed by atoms with Gasteiger partial charge in [-0.15, -0.1) is 0 Å². The number of fused-ring (bicyclic) bond motifs is 1. The quantitative estimate of drug-likeness (QED) is 0.535. The fourth-order valence-electron chi connectivity index (χ4n) is 4.62. The maximum Gasteiger partial charge on any atom is 0.150 e. The van der Waals surface area contributed by atoms with Gasteiger partial charge in [-0.05, 0) is 75.3 Å². The van der Waals surface area contributed by atoms with E-state index in [2.05, 4.69) is 64.5 Å². The Morgan fingerprint density at radius 2 is 1.69 bits per heavy atom. The van der Waals surface area contributed by atoms with Crippen LogP contribution in [0, 0.1) is 33.6 Å². The number of halogens is 1. The van der Waals surface area contributed by atoms with Crippen molar-refractivity contribution in [3.8, 4) is 5.69 Å². The minimum atomic E-state index is 0.647. The molecule has 0 atom stereocenters. The second-order valence-corrected chi connectivity index (χ2v) is 9.16. The zero-order chi connectivity index (χ0) is 20.7. The van der Waals surface area contributed by atoms with Crippen LogP contribution >= 0.6 is 15.9 Å². The SMILES string of the molecule is COCC1CCN(c2nc(C)nc3c2c(C)cn3-c2c(C)cc(Br)cc2C)CC1. The van der Waals surface area contributed by atoms with E-state index in [1.54, 1.807) is 7.11 Å². The lowest BCUT2D eigenvalue weighted by molar-refractivity contribution is 0.139. The molecule has 5 nitrogen and oxygen atoms in total. The van der Waals surface area contributed by atoms with Crippen LogP contribution in [0.25, 0.3) is 16.7 Å². The van der Waals surface area contributed by atoms with Crippen LogP contribution in [0.1, 0.15) is 35.4 Å². The number of hydrogen-bond acceptors (Lipinski definition) is 4. The lowest BCUT2D eigenvalue weighted by Gasteiger charge is -2.33. The second kappa shape index (κ2) is 8.07. The Balaban J connectivity index is 1.82. The molecule has 0 N–H and O–H groups in total. The van der Waals surface area contributed by atoms with Crippen LogP contribution in [-0.4, -0.2) is 41.3 Å². The zero-order valence-electron chi connectivity index (χ0n) is 17.9. The van der Waals surface area contributed by atoms with Crippen molar-refractivity contribution < 1.29 is 4.74 Å². The summed E-state index contributed by atoms with van der Waals surface area (Å²) < 4.78 is 8.72. The van der Waals surface area contributed by atoms with Crippen molar-refractivity contribution in [1.82, 2.24) is 14.5 Å². The van der Waals surface area contributed by atoms with Crippen molar-refractivity contribution in [3.05, 3.63) is 45.3 Å². The maximum atomic E-state index is 5.36. The van der Waals surface area contributed by atoms with Gasteiger partial charge in [0.1, 0.15) is 11.6 Å². The average molecular weight is 457 g/mol. The van der Waals surface area contributed by atoms with E-state index in [4.69, 9.17) is 14.7 Å². The summed E-state index contributed by atoms with van der Waals surface area (Å²) in [6.07, 6.45) is 4.50. The summed E-state index contributed by atoms with van der Waals surface area (Å²) in [7, 11) is 1.79. The van der Waals surface area contributed by atoms with Gasteiger partial charge < -0.3 is 14.2 Å². The monoisotopic (exact) mass is 456 g/mol. The third kappa shape index (κ3) is 3.80. The van der Waals surface area contributed by atoms with E-state index in [9.17, 15) is 0 Å². The molecule has 1 aromatic carbocycles. The molecule has 3 aromatic rings. The number of nitrogens with zero attached hydrogens (tertiary/aromatic N) is 4. The number of rotatable bonds is 4. The number of methoxy groups -OCH3 is 1. The smallest absolute Gasteiger partial charge is 0.150 e.